The number of imide groups is 1. The van der Waals surface area contributed by atoms with Gasteiger partial charge in [0.05, 0.1) is 29.8 Å². The number of hydrogen-bond acceptors (Lipinski definition) is 6. The summed E-state index contributed by atoms with van der Waals surface area (Å²) in [6.45, 7) is 2.09. The van der Waals surface area contributed by atoms with E-state index in [1.165, 1.54) is 12.1 Å². The number of hydrogen-bond donors (Lipinski definition) is 0. The summed E-state index contributed by atoms with van der Waals surface area (Å²) in [5.41, 5.74) is 0.578. The molecule has 0 unspecified atom stereocenters. The van der Waals surface area contributed by atoms with Crippen LogP contribution in [0.3, 0.4) is 0 Å². The van der Waals surface area contributed by atoms with Crippen LogP contribution in [0, 0.1) is 5.82 Å². The SMILES string of the molecule is CCOc1c2c(c(OCc3ccccc3)c3ccccc13)C(=O)N(c1ccc(CC(=O)OF)cc1F)C2=O. The molecule has 4 aromatic carbocycles. The van der Waals surface area contributed by atoms with Crippen LogP contribution in [-0.4, -0.2) is 24.4 Å². The van der Waals surface area contributed by atoms with E-state index in [9.17, 15) is 18.9 Å². The summed E-state index contributed by atoms with van der Waals surface area (Å²) >= 11 is 0. The van der Waals surface area contributed by atoms with Gasteiger partial charge < -0.3 is 9.47 Å². The van der Waals surface area contributed by atoms with Crippen molar-refractivity contribution in [2.45, 2.75) is 20.0 Å². The van der Waals surface area contributed by atoms with Crippen molar-refractivity contribution in [3.63, 3.8) is 0 Å². The third-order valence-corrected chi connectivity index (χ3v) is 6.16. The number of benzene rings is 4. The number of anilines is 1. The van der Waals surface area contributed by atoms with E-state index in [1.807, 2.05) is 30.3 Å². The summed E-state index contributed by atoms with van der Waals surface area (Å²) in [6, 6.07) is 19.8. The lowest BCUT2D eigenvalue weighted by Gasteiger charge is -2.16. The van der Waals surface area contributed by atoms with Crippen molar-refractivity contribution in [1.29, 1.82) is 0 Å². The van der Waals surface area contributed by atoms with E-state index in [0.717, 1.165) is 11.6 Å². The maximum absolute atomic E-state index is 15.2. The zero-order valence-corrected chi connectivity index (χ0v) is 20.2. The minimum atomic E-state index is -1.20. The summed E-state index contributed by atoms with van der Waals surface area (Å²) in [5, 5.41) is 1.13. The lowest BCUT2D eigenvalue weighted by molar-refractivity contribution is -0.182. The zero-order chi connectivity index (χ0) is 26.8. The summed E-state index contributed by atoms with van der Waals surface area (Å²) in [5.74, 6) is -3.32. The highest BCUT2D eigenvalue weighted by Gasteiger charge is 2.44. The number of halogens is 2. The van der Waals surface area contributed by atoms with Gasteiger partial charge in [-0.3, -0.25) is 14.5 Å². The molecule has 0 aromatic heterocycles. The molecule has 192 valence electrons. The van der Waals surface area contributed by atoms with Crippen LogP contribution in [0.4, 0.5) is 14.6 Å². The molecule has 0 aliphatic carbocycles. The standard InChI is InChI=1S/C29H21F2NO6/c1-2-36-26-19-10-6-7-11-20(19)27(37-16-17-8-4-3-5-9-17)25-24(26)28(34)32(29(25)35)22-13-12-18(14-21(22)30)15-23(33)38-31/h3-14H,2,15-16H2,1H3. The van der Waals surface area contributed by atoms with Gasteiger partial charge in [0, 0.05) is 15.3 Å². The van der Waals surface area contributed by atoms with E-state index in [4.69, 9.17) is 9.47 Å². The molecule has 4 aromatic rings. The van der Waals surface area contributed by atoms with Crippen LogP contribution in [0.2, 0.25) is 0 Å². The molecule has 7 nitrogen and oxygen atoms in total. The highest BCUT2D eigenvalue weighted by Crippen LogP contribution is 2.46. The molecule has 0 saturated heterocycles. The lowest BCUT2D eigenvalue weighted by atomic mass is 9.99. The molecule has 2 amide bonds. The van der Waals surface area contributed by atoms with E-state index >= 15 is 4.39 Å². The van der Waals surface area contributed by atoms with Gasteiger partial charge in [0.1, 0.15) is 23.9 Å². The first kappa shape index (κ1) is 24.9. The first-order valence-corrected chi connectivity index (χ1v) is 11.8. The number of carbonyl (C=O) groups is 3. The van der Waals surface area contributed by atoms with Gasteiger partial charge in [-0.2, -0.15) is 0 Å². The molecular weight excluding hydrogens is 496 g/mol. The second-order valence-electron chi connectivity index (χ2n) is 8.52. The molecule has 0 saturated carbocycles. The Morgan fingerprint density at radius 1 is 0.816 bits per heavy atom. The molecule has 38 heavy (non-hydrogen) atoms. The van der Waals surface area contributed by atoms with Gasteiger partial charge in [0.15, 0.2) is 0 Å². The van der Waals surface area contributed by atoms with Gasteiger partial charge in [-0.15, -0.1) is 0 Å². The lowest BCUT2D eigenvalue weighted by Crippen LogP contribution is -2.30. The second-order valence-corrected chi connectivity index (χ2v) is 8.52. The van der Waals surface area contributed by atoms with Crippen LogP contribution in [0.15, 0.2) is 72.8 Å². The minimum Gasteiger partial charge on any atom is -0.492 e. The third kappa shape index (κ3) is 4.32. The molecule has 0 radical (unpaired) electrons. The quantitative estimate of drug-likeness (QED) is 0.278. The molecule has 0 fully saturated rings. The smallest absolute Gasteiger partial charge is 0.353 e. The number of amides is 2. The van der Waals surface area contributed by atoms with Crippen molar-refractivity contribution in [3.05, 3.63) is 101 Å². The number of carbonyl (C=O) groups excluding carboxylic acids is 3. The highest BCUT2D eigenvalue weighted by molar-refractivity contribution is 6.38. The first-order chi connectivity index (χ1) is 18.4. The Morgan fingerprint density at radius 3 is 2.00 bits per heavy atom. The Labute approximate surface area is 216 Å². The molecule has 9 heteroatoms. The van der Waals surface area contributed by atoms with Crippen molar-refractivity contribution >= 4 is 34.2 Å². The van der Waals surface area contributed by atoms with Gasteiger partial charge in [-0.05, 0) is 30.2 Å². The maximum Gasteiger partial charge on any atom is 0.353 e. The fourth-order valence-corrected chi connectivity index (χ4v) is 4.53. The van der Waals surface area contributed by atoms with Gasteiger partial charge in [-0.25, -0.2) is 14.1 Å². The summed E-state index contributed by atoms with van der Waals surface area (Å²) in [4.78, 5) is 42.6. The largest absolute Gasteiger partial charge is 0.492 e. The Bertz CT molecular complexity index is 1570. The molecule has 0 N–H and O–H groups in total. The minimum absolute atomic E-state index is 0.0249. The average molecular weight is 517 g/mol. The molecule has 0 atom stereocenters. The van der Waals surface area contributed by atoms with E-state index < -0.39 is 30.0 Å². The molecule has 1 aliphatic heterocycles. The normalized spacial score (nSPS) is 12.6. The Balaban J connectivity index is 1.65. The van der Waals surface area contributed by atoms with Crippen molar-refractivity contribution in [2.75, 3.05) is 11.5 Å². The van der Waals surface area contributed by atoms with Crippen molar-refractivity contribution in [3.8, 4) is 11.5 Å². The van der Waals surface area contributed by atoms with Crippen LogP contribution in [0.5, 0.6) is 11.5 Å². The average Bonchev–Trinajstić information content (AvgIpc) is 3.18. The van der Waals surface area contributed by atoms with Gasteiger partial charge >= 0.3 is 5.97 Å². The van der Waals surface area contributed by atoms with Crippen LogP contribution in [-0.2, 0) is 22.8 Å². The van der Waals surface area contributed by atoms with Crippen LogP contribution in [0.1, 0.15) is 38.8 Å². The van der Waals surface area contributed by atoms with Gasteiger partial charge in [0.25, 0.3) is 11.8 Å². The molecule has 1 heterocycles. The van der Waals surface area contributed by atoms with E-state index in [0.29, 0.717) is 15.7 Å². The van der Waals surface area contributed by atoms with Crippen LogP contribution < -0.4 is 14.4 Å². The fourth-order valence-electron chi connectivity index (χ4n) is 4.53. The number of fused-ring (bicyclic) bond motifs is 2. The van der Waals surface area contributed by atoms with Crippen LogP contribution >= 0.6 is 0 Å². The van der Waals surface area contributed by atoms with Gasteiger partial charge in [0.2, 0.25) is 0 Å². The second kappa shape index (κ2) is 10.3. The highest BCUT2D eigenvalue weighted by atomic mass is 19.3. The van der Waals surface area contributed by atoms with Crippen molar-refractivity contribution < 1.29 is 37.7 Å². The monoisotopic (exact) mass is 517 g/mol. The van der Waals surface area contributed by atoms with E-state index in [1.54, 1.807) is 31.2 Å². The molecule has 0 bridgehead atoms. The molecule has 5 rings (SSSR count). The van der Waals surface area contributed by atoms with Crippen molar-refractivity contribution in [1.82, 2.24) is 0 Å². The zero-order valence-electron chi connectivity index (χ0n) is 20.2. The first-order valence-electron chi connectivity index (χ1n) is 11.8. The topological polar surface area (TPSA) is 82.1 Å². The van der Waals surface area contributed by atoms with Gasteiger partial charge in [-0.1, -0.05) is 60.7 Å². The summed E-state index contributed by atoms with van der Waals surface area (Å²) in [7, 11) is 0. The number of nitrogens with zero attached hydrogens (tertiary/aromatic N) is 1. The number of ether oxygens (including phenoxy) is 2. The Morgan fingerprint density at radius 2 is 1.42 bits per heavy atom. The maximum atomic E-state index is 15.2. The summed E-state index contributed by atoms with van der Waals surface area (Å²) in [6.07, 6.45) is -0.521. The molecule has 0 spiro atoms. The third-order valence-electron chi connectivity index (χ3n) is 6.16. The Kier molecular flexibility index (Phi) is 6.74. The van der Waals surface area contributed by atoms with E-state index in [-0.39, 0.29) is 47.1 Å². The van der Waals surface area contributed by atoms with Crippen molar-refractivity contribution in [2.24, 2.45) is 0 Å². The number of rotatable bonds is 8. The van der Waals surface area contributed by atoms with E-state index in [2.05, 4.69) is 4.94 Å². The molecular formula is C29H21F2NO6. The fraction of sp³-hybridized carbons (Fsp3) is 0.138. The van der Waals surface area contributed by atoms with Crippen LogP contribution in [0.25, 0.3) is 10.8 Å². The predicted molar refractivity (Wildman–Crippen MR) is 134 cm³/mol. The predicted octanol–water partition coefficient (Wildman–Crippen LogP) is 5.73. The Hall–Kier alpha value is -4.79. The molecule has 1 aliphatic rings. The summed E-state index contributed by atoms with van der Waals surface area (Å²) < 4.78 is 39.3.